The van der Waals surface area contributed by atoms with E-state index in [9.17, 15) is 9.90 Å². The van der Waals surface area contributed by atoms with Gasteiger partial charge in [0.25, 0.3) is 0 Å². The Bertz CT molecular complexity index is 410. The first-order valence-electron chi connectivity index (χ1n) is 4.51. The van der Waals surface area contributed by atoms with E-state index in [4.69, 9.17) is 11.6 Å². The number of benzene rings is 1. The zero-order valence-corrected chi connectivity index (χ0v) is 10.1. The molecule has 0 aromatic heterocycles. The summed E-state index contributed by atoms with van der Waals surface area (Å²) in [7, 11) is 0. The Kier molecular flexibility index (Phi) is 2.89. The molecule has 1 aromatic rings. The molecule has 0 saturated carbocycles. The minimum absolute atomic E-state index is 0.0209. The van der Waals surface area contributed by atoms with Gasteiger partial charge in [-0.3, -0.25) is 4.79 Å². The quantitative estimate of drug-likeness (QED) is 0.807. The summed E-state index contributed by atoms with van der Waals surface area (Å²) in [4.78, 5) is 13.2. The first-order valence-corrected chi connectivity index (χ1v) is 5.74. The number of alkyl halides is 1. The summed E-state index contributed by atoms with van der Waals surface area (Å²) in [5.74, 6) is 0.181. The van der Waals surface area contributed by atoms with Crippen LogP contribution in [0.4, 0.5) is 5.69 Å². The Balaban J connectivity index is 2.30. The highest BCUT2D eigenvalue weighted by molar-refractivity contribution is 9.10. The van der Waals surface area contributed by atoms with Crippen molar-refractivity contribution in [3.63, 3.8) is 0 Å². The number of nitrogens with zero attached hydrogens (tertiary/aromatic N) is 1. The van der Waals surface area contributed by atoms with Crippen LogP contribution in [0.5, 0.6) is 5.75 Å². The molecule has 1 aliphatic rings. The third-order valence-corrected chi connectivity index (χ3v) is 3.25. The second kappa shape index (κ2) is 4.02. The summed E-state index contributed by atoms with van der Waals surface area (Å²) in [5, 5.41) is 9.21. The summed E-state index contributed by atoms with van der Waals surface area (Å²) >= 11 is 9.11. The van der Waals surface area contributed by atoms with Crippen molar-refractivity contribution in [1.82, 2.24) is 0 Å². The predicted molar refractivity (Wildman–Crippen MR) is 62.4 cm³/mol. The van der Waals surface area contributed by atoms with Crippen LogP contribution in [0.3, 0.4) is 0 Å². The number of phenols is 1. The molecule has 15 heavy (non-hydrogen) atoms. The molecule has 0 aliphatic carbocycles. The lowest BCUT2D eigenvalue weighted by molar-refractivity contribution is -0.117. The number of aromatic hydroxyl groups is 1. The van der Waals surface area contributed by atoms with Gasteiger partial charge in [-0.2, -0.15) is 0 Å². The highest BCUT2D eigenvalue weighted by atomic mass is 79.9. The van der Waals surface area contributed by atoms with Gasteiger partial charge in [0.05, 0.1) is 9.85 Å². The van der Waals surface area contributed by atoms with Crippen LogP contribution in [-0.4, -0.2) is 22.9 Å². The standard InChI is InChI=1S/C10H9BrClNO2/c11-8-4-7(1-2-9(8)14)13-5-6(12)3-10(13)15/h1-2,4,6,14H,3,5H2. The number of hydrogen-bond donors (Lipinski definition) is 1. The maximum atomic E-state index is 11.5. The lowest BCUT2D eigenvalue weighted by atomic mass is 10.3. The summed E-state index contributed by atoms with van der Waals surface area (Å²) < 4.78 is 0.575. The van der Waals surface area contributed by atoms with Gasteiger partial charge in [-0.25, -0.2) is 0 Å². The molecule has 1 unspecified atom stereocenters. The molecule has 0 spiro atoms. The van der Waals surface area contributed by atoms with Crippen molar-refractivity contribution in [3.8, 4) is 5.75 Å². The summed E-state index contributed by atoms with van der Waals surface area (Å²) in [5.41, 5.74) is 0.757. The van der Waals surface area contributed by atoms with E-state index in [1.54, 1.807) is 23.1 Å². The maximum absolute atomic E-state index is 11.5. The van der Waals surface area contributed by atoms with Crippen LogP contribution >= 0.6 is 27.5 Å². The zero-order chi connectivity index (χ0) is 11.0. The van der Waals surface area contributed by atoms with Gasteiger partial charge in [0.2, 0.25) is 5.91 Å². The first-order chi connectivity index (χ1) is 7.08. The number of carbonyl (C=O) groups excluding carboxylic acids is 1. The van der Waals surface area contributed by atoms with Crippen LogP contribution < -0.4 is 4.90 Å². The second-order valence-corrected chi connectivity index (χ2v) is 4.91. The van der Waals surface area contributed by atoms with Crippen molar-refractivity contribution in [1.29, 1.82) is 0 Å². The van der Waals surface area contributed by atoms with Gasteiger partial charge in [-0.15, -0.1) is 11.6 Å². The van der Waals surface area contributed by atoms with Gasteiger partial charge in [-0.1, -0.05) is 0 Å². The topological polar surface area (TPSA) is 40.5 Å². The van der Waals surface area contributed by atoms with Crippen molar-refractivity contribution in [2.75, 3.05) is 11.4 Å². The molecule has 1 atom stereocenters. The smallest absolute Gasteiger partial charge is 0.228 e. The van der Waals surface area contributed by atoms with Gasteiger partial charge in [0, 0.05) is 18.7 Å². The number of halogens is 2. The van der Waals surface area contributed by atoms with Crippen LogP contribution in [0.1, 0.15) is 6.42 Å². The van der Waals surface area contributed by atoms with Crippen LogP contribution in [0.25, 0.3) is 0 Å². The number of amides is 1. The largest absolute Gasteiger partial charge is 0.507 e. The van der Waals surface area contributed by atoms with Crippen LogP contribution in [0, 0.1) is 0 Å². The molecular formula is C10H9BrClNO2. The molecule has 0 bridgehead atoms. The van der Waals surface area contributed by atoms with Gasteiger partial charge in [-0.05, 0) is 34.1 Å². The van der Waals surface area contributed by atoms with Gasteiger partial charge >= 0.3 is 0 Å². The second-order valence-electron chi connectivity index (χ2n) is 3.44. The lowest BCUT2D eigenvalue weighted by Crippen LogP contribution is -2.24. The van der Waals surface area contributed by atoms with Gasteiger partial charge in [0.15, 0.2) is 0 Å². The van der Waals surface area contributed by atoms with Crippen molar-refractivity contribution in [2.45, 2.75) is 11.8 Å². The highest BCUT2D eigenvalue weighted by Crippen LogP contribution is 2.31. The van der Waals surface area contributed by atoms with E-state index >= 15 is 0 Å². The molecule has 1 fully saturated rings. The predicted octanol–water partition coefficient (Wildman–Crippen LogP) is 2.50. The molecule has 80 valence electrons. The Hall–Kier alpha value is -0.740. The third-order valence-electron chi connectivity index (χ3n) is 2.32. The fourth-order valence-corrected chi connectivity index (χ4v) is 2.21. The monoisotopic (exact) mass is 289 g/mol. The first kappa shape index (κ1) is 10.8. The Labute approximate surface area is 101 Å². The Morgan fingerprint density at radius 1 is 1.53 bits per heavy atom. The van der Waals surface area contributed by atoms with E-state index in [0.29, 0.717) is 17.4 Å². The Morgan fingerprint density at radius 3 is 2.80 bits per heavy atom. The average Bonchev–Trinajstić information content (AvgIpc) is 2.50. The number of rotatable bonds is 1. The molecule has 1 aliphatic heterocycles. The number of hydrogen-bond acceptors (Lipinski definition) is 2. The molecule has 2 rings (SSSR count). The van der Waals surface area contributed by atoms with Gasteiger partial charge < -0.3 is 10.0 Å². The average molecular weight is 291 g/mol. The Morgan fingerprint density at radius 2 is 2.27 bits per heavy atom. The van der Waals surface area contributed by atoms with E-state index in [0.717, 1.165) is 5.69 Å². The SMILES string of the molecule is O=C1CC(Cl)CN1c1ccc(O)c(Br)c1. The molecular weight excluding hydrogens is 281 g/mol. The fraction of sp³-hybridized carbons (Fsp3) is 0.300. The molecule has 1 amide bonds. The van der Waals surface area contributed by atoms with E-state index in [2.05, 4.69) is 15.9 Å². The van der Waals surface area contributed by atoms with Crippen molar-refractivity contribution in [2.24, 2.45) is 0 Å². The molecule has 1 N–H and O–H groups in total. The zero-order valence-electron chi connectivity index (χ0n) is 7.78. The van der Waals surface area contributed by atoms with Crippen LogP contribution in [-0.2, 0) is 4.79 Å². The third kappa shape index (κ3) is 2.11. The summed E-state index contributed by atoms with van der Waals surface area (Å²) in [6.45, 7) is 0.525. The molecule has 3 nitrogen and oxygen atoms in total. The van der Waals surface area contributed by atoms with E-state index in [1.807, 2.05) is 0 Å². The molecule has 1 saturated heterocycles. The molecule has 1 heterocycles. The van der Waals surface area contributed by atoms with Crippen LogP contribution in [0.15, 0.2) is 22.7 Å². The number of anilines is 1. The van der Waals surface area contributed by atoms with E-state index < -0.39 is 0 Å². The normalized spacial score (nSPS) is 21.1. The maximum Gasteiger partial charge on any atom is 0.228 e. The van der Waals surface area contributed by atoms with E-state index in [-0.39, 0.29) is 17.0 Å². The van der Waals surface area contributed by atoms with Crippen LogP contribution in [0.2, 0.25) is 0 Å². The summed E-state index contributed by atoms with van der Waals surface area (Å²) in [6.07, 6.45) is 0.375. The van der Waals surface area contributed by atoms with Crippen molar-refractivity contribution in [3.05, 3.63) is 22.7 Å². The van der Waals surface area contributed by atoms with Crippen molar-refractivity contribution >= 4 is 39.1 Å². The number of carbonyl (C=O) groups is 1. The molecule has 0 radical (unpaired) electrons. The van der Waals surface area contributed by atoms with E-state index in [1.165, 1.54) is 0 Å². The minimum Gasteiger partial charge on any atom is -0.507 e. The minimum atomic E-state index is -0.120. The molecule has 1 aromatic carbocycles. The number of phenolic OH excluding ortho intramolecular Hbond substituents is 1. The highest BCUT2D eigenvalue weighted by Gasteiger charge is 2.29. The lowest BCUT2D eigenvalue weighted by Gasteiger charge is -2.16. The van der Waals surface area contributed by atoms with Gasteiger partial charge in [0.1, 0.15) is 5.75 Å². The summed E-state index contributed by atoms with van der Waals surface area (Å²) in [6, 6.07) is 4.96. The fourth-order valence-electron chi connectivity index (χ4n) is 1.58. The van der Waals surface area contributed by atoms with Crippen molar-refractivity contribution < 1.29 is 9.90 Å². The molecule has 5 heteroatoms.